The Morgan fingerprint density at radius 3 is 2.72 bits per heavy atom. The molecule has 0 amide bonds. The molecule has 0 atom stereocenters. The summed E-state index contributed by atoms with van der Waals surface area (Å²) in [5.74, 6) is -0.640. The molecule has 3 rings (SSSR count). The van der Waals surface area contributed by atoms with Crippen LogP contribution in [0.5, 0.6) is 0 Å². The zero-order chi connectivity index (χ0) is 17.8. The second kappa shape index (κ2) is 7.53. The van der Waals surface area contributed by atoms with E-state index in [1.165, 1.54) is 22.5 Å². The zero-order valence-corrected chi connectivity index (χ0v) is 14.9. The van der Waals surface area contributed by atoms with Gasteiger partial charge in [-0.1, -0.05) is 54.2 Å². The van der Waals surface area contributed by atoms with Crippen LogP contribution in [0.4, 0.5) is 0 Å². The fraction of sp³-hybridized carbons (Fsp3) is 0.211. The smallest absolute Gasteiger partial charge is 0.345 e. The molecule has 0 aliphatic rings. The van der Waals surface area contributed by atoms with Gasteiger partial charge in [0.05, 0.1) is 19.3 Å². The van der Waals surface area contributed by atoms with Crippen molar-refractivity contribution in [1.29, 1.82) is 0 Å². The van der Waals surface area contributed by atoms with Crippen molar-refractivity contribution in [2.75, 3.05) is 12.9 Å². The summed E-state index contributed by atoms with van der Waals surface area (Å²) in [6.07, 6.45) is 3.15. The number of fused-ring (bicyclic) bond motifs is 1. The Morgan fingerprint density at radius 2 is 1.96 bits per heavy atom. The Hall–Kier alpha value is -2.60. The van der Waals surface area contributed by atoms with E-state index in [1.807, 2.05) is 48.7 Å². The predicted octanol–water partition coefficient (Wildman–Crippen LogP) is 3.34. The minimum absolute atomic E-state index is 0.0418. The van der Waals surface area contributed by atoms with Crippen LogP contribution in [0.2, 0.25) is 0 Å². The van der Waals surface area contributed by atoms with Crippen molar-refractivity contribution >= 4 is 28.5 Å². The van der Waals surface area contributed by atoms with Gasteiger partial charge < -0.3 is 4.74 Å². The number of esters is 1. The van der Waals surface area contributed by atoms with Crippen LogP contribution in [0.25, 0.3) is 10.8 Å². The van der Waals surface area contributed by atoms with Crippen LogP contribution >= 0.6 is 11.8 Å². The molecule has 0 aliphatic carbocycles. The summed E-state index contributed by atoms with van der Waals surface area (Å²) in [5, 5.41) is 2.74. The number of hydrogen-bond donors (Lipinski definition) is 0. The van der Waals surface area contributed by atoms with Gasteiger partial charge in [-0.15, -0.1) is 0 Å². The monoisotopic (exact) mass is 354 g/mol. The minimum atomic E-state index is -0.640. The van der Waals surface area contributed by atoms with E-state index in [4.69, 9.17) is 4.74 Å². The van der Waals surface area contributed by atoms with Gasteiger partial charge in [0.1, 0.15) is 5.56 Å². The summed E-state index contributed by atoms with van der Waals surface area (Å²) in [5.41, 5.74) is 0.573. The highest BCUT2D eigenvalue weighted by molar-refractivity contribution is 7.98. The molecule has 1 heterocycles. The number of carbonyl (C=O) groups is 1. The van der Waals surface area contributed by atoms with E-state index >= 15 is 0 Å². The lowest BCUT2D eigenvalue weighted by molar-refractivity contribution is 0.0522. The van der Waals surface area contributed by atoms with Crippen molar-refractivity contribution in [3.05, 3.63) is 70.1 Å². The van der Waals surface area contributed by atoms with Gasteiger partial charge in [-0.3, -0.25) is 9.36 Å². The van der Waals surface area contributed by atoms with Crippen LogP contribution in [-0.2, 0) is 11.3 Å². The number of rotatable bonds is 5. The van der Waals surface area contributed by atoms with Gasteiger partial charge in [0, 0.05) is 0 Å². The maximum Gasteiger partial charge on any atom is 0.345 e. The SMILES string of the molecule is CCOC(=O)c1cnc(SC)n(Cc2cccc3ccccc23)c1=O. The lowest BCUT2D eigenvalue weighted by Crippen LogP contribution is -2.29. The summed E-state index contributed by atoms with van der Waals surface area (Å²) in [6, 6.07) is 14.0. The summed E-state index contributed by atoms with van der Waals surface area (Å²) >= 11 is 1.37. The molecule has 3 aromatic rings. The molecule has 5 nitrogen and oxygen atoms in total. The topological polar surface area (TPSA) is 61.2 Å². The Morgan fingerprint density at radius 1 is 1.20 bits per heavy atom. The lowest BCUT2D eigenvalue weighted by Gasteiger charge is -2.13. The summed E-state index contributed by atoms with van der Waals surface area (Å²) < 4.78 is 6.49. The van der Waals surface area contributed by atoms with E-state index in [2.05, 4.69) is 4.98 Å². The maximum atomic E-state index is 12.8. The van der Waals surface area contributed by atoms with Crippen LogP contribution in [0.15, 0.2) is 58.6 Å². The molecular formula is C19H18N2O3S. The number of aromatic nitrogens is 2. The summed E-state index contributed by atoms with van der Waals surface area (Å²) in [4.78, 5) is 29.1. The fourth-order valence-electron chi connectivity index (χ4n) is 2.73. The number of nitrogens with zero attached hydrogens (tertiary/aromatic N) is 2. The third-order valence-corrected chi connectivity index (χ3v) is 4.59. The molecule has 2 aromatic carbocycles. The van der Waals surface area contributed by atoms with Crippen LogP contribution in [0.1, 0.15) is 22.8 Å². The predicted molar refractivity (Wildman–Crippen MR) is 99.3 cm³/mol. The van der Waals surface area contributed by atoms with Gasteiger partial charge in [-0.05, 0) is 29.5 Å². The van der Waals surface area contributed by atoms with E-state index in [-0.39, 0.29) is 17.7 Å². The largest absolute Gasteiger partial charge is 0.462 e. The van der Waals surface area contributed by atoms with Gasteiger partial charge in [0.25, 0.3) is 5.56 Å². The molecule has 0 bridgehead atoms. The van der Waals surface area contributed by atoms with Crippen molar-refractivity contribution < 1.29 is 9.53 Å². The van der Waals surface area contributed by atoms with Gasteiger partial charge >= 0.3 is 5.97 Å². The molecule has 1 aromatic heterocycles. The molecule has 0 radical (unpaired) electrons. The maximum absolute atomic E-state index is 12.8. The average molecular weight is 354 g/mol. The highest BCUT2D eigenvalue weighted by atomic mass is 32.2. The molecule has 0 N–H and O–H groups in total. The van der Waals surface area contributed by atoms with Gasteiger partial charge in [0.2, 0.25) is 0 Å². The first-order valence-electron chi connectivity index (χ1n) is 7.93. The number of ether oxygens (including phenoxy) is 1. The Kier molecular flexibility index (Phi) is 5.19. The molecule has 0 saturated heterocycles. The van der Waals surface area contributed by atoms with Crippen molar-refractivity contribution in [3.8, 4) is 0 Å². The van der Waals surface area contributed by atoms with Gasteiger partial charge in [0.15, 0.2) is 5.16 Å². The normalized spacial score (nSPS) is 10.8. The van der Waals surface area contributed by atoms with Crippen molar-refractivity contribution in [2.24, 2.45) is 0 Å². The zero-order valence-electron chi connectivity index (χ0n) is 14.1. The molecule has 128 valence electrons. The highest BCUT2D eigenvalue weighted by Crippen LogP contribution is 2.20. The number of hydrogen-bond acceptors (Lipinski definition) is 5. The first kappa shape index (κ1) is 17.2. The third kappa shape index (κ3) is 3.44. The van der Waals surface area contributed by atoms with E-state index in [0.29, 0.717) is 11.7 Å². The van der Waals surface area contributed by atoms with Crippen molar-refractivity contribution in [2.45, 2.75) is 18.6 Å². The van der Waals surface area contributed by atoms with Gasteiger partial charge in [-0.25, -0.2) is 9.78 Å². The number of carbonyl (C=O) groups excluding carboxylic acids is 1. The van der Waals surface area contributed by atoms with Crippen LogP contribution < -0.4 is 5.56 Å². The molecular weight excluding hydrogens is 336 g/mol. The van der Waals surface area contributed by atoms with Crippen LogP contribution in [0.3, 0.4) is 0 Å². The van der Waals surface area contributed by atoms with Crippen molar-refractivity contribution in [1.82, 2.24) is 9.55 Å². The number of thioether (sulfide) groups is 1. The molecule has 0 spiro atoms. The van der Waals surface area contributed by atoms with E-state index < -0.39 is 5.97 Å². The lowest BCUT2D eigenvalue weighted by atomic mass is 10.0. The molecule has 6 heteroatoms. The quantitative estimate of drug-likeness (QED) is 0.399. The van der Waals surface area contributed by atoms with E-state index in [0.717, 1.165) is 16.3 Å². The van der Waals surface area contributed by atoms with Crippen molar-refractivity contribution in [3.63, 3.8) is 0 Å². The van der Waals surface area contributed by atoms with Crippen LogP contribution in [0, 0.1) is 0 Å². The summed E-state index contributed by atoms with van der Waals surface area (Å²) in [6.45, 7) is 2.26. The Bertz CT molecular complexity index is 977. The molecule has 0 fully saturated rings. The molecule has 0 unspecified atom stereocenters. The molecule has 0 saturated carbocycles. The summed E-state index contributed by atoms with van der Waals surface area (Å²) in [7, 11) is 0. The van der Waals surface area contributed by atoms with Crippen LogP contribution in [-0.4, -0.2) is 28.4 Å². The second-order valence-corrected chi connectivity index (χ2v) is 6.18. The fourth-order valence-corrected chi connectivity index (χ4v) is 3.25. The number of benzene rings is 2. The molecule has 25 heavy (non-hydrogen) atoms. The molecule has 0 aliphatic heterocycles. The van der Waals surface area contributed by atoms with Gasteiger partial charge in [-0.2, -0.15) is 0 Å². The Balaban J connectivity index is 2.11. The van der Waals surface area contributed by atoms with E-state index in [1.54, 1.807) is 6.92 Å². The van der Waals surface area contributed by atoms with E-state index in [9.17, 15) is 9.59 Å². The Labute approximate surface area is 149 Å². The average Bonchev–Trinajstić information content (AvgIpc) is 2.63. The first-order valence-corrected chi connectivity index (χ1v) is 9.15. The standard InChI is InChI=1S/C19H18N2O3S/c1-3-24-18(23)16-11-20-19(25-2)21(17(16)22)12-14-9-6-8-13-7-4-5-10-15(13)14/h4-11H,3,12H2,1-2H3. The highest BCUT2D eigenvalue weighted by Gasteiger charge is 2.17. The second-order valence-electron chi connectivity index (χ2n) is 5.41. The third-order valence-electron chi connectivity index (χ3n) is 3.90. The minimum Gasteiger partial charge on any atom is -0.462 e. The first-order chi connectivity index (χ1) is 12.2.